The molecule has 0 saturated carbocycles. The molecular formula is C20H24N4O3. The molecule has 7 nitrogen and oxygen atoms in total. The van der Waals surface area contributed by atoms with Gasteiger partial charge in [-0.2, -0.15) is 0 Å². The van der Waals surface area contributed by atoms with Gasteiger partial charge < -0.3 is 21.3 Å². The second-order valence-electron chi connectivity index (χ2n) is 6.07. The van der Waals surface area contributed by atoms with Crippen LogP contribution < -0.4 is 21.3 Å². The third-order valence-electron chi connectivity index (χ3n) is 3.91. The topological polar surface area (TPSA) is 99.3 Å². The summed E-state index contributed by atoms with van der Waals surface area (Å²) in [6.07, 6.45) is 0.279. The maximum absolute atomic E-state index is 12.1. The van der Waals surface area contributed by atoms with Gasteiger partial charge in [0, 0.05) is 19.3 Å². The van der Waals surface area contributed by atoms with E-state index in [1.807, 2.05) is 30.3 Å². The fourth-order valence-electron chi connectivity index (χ4n) is 2.35. The van der Waals surface area contributed by atoms with Crippen molar-refractivity contribution in [1.29, 1.82) is 0 Å². The Morgan fingerprint density at radius 1 is 0.926 bits per heavy atom. The number of hydrogen-bond donors (Lipinski definition) is 4. The summed E-state index contributed by atoms with van der Waals surface area (Å²) in [7, 11) is 1.58. The Bertz CT molecular complexity index is 776. The van der Waals surface area contributed by atoms with Crippen molar-refractivity contribution in [3.05, 3.63) is 65.7 Å². The molecular weight excluding hydrogens is 344 g/mol. The molecule has 0 aliphatic rings. The van der Waals surface area contributed by atoms with E-state index >= 15 is 0 Å². The van der Waals surface area contributed by atoms with E-state index in [-0.39, 0.29) is 18.2 Å². The Hall–Kier alpha value is -3.35. The van der Waals surface area contributed by atoms with Crippen LogP contribution in [0, 0.1) is 0 Å². The van der Waals surface area contributed by atoms with Crippen molar-refractivity contribution >= 4 is 23.5 Å². The quantitative estimate of drug-likeness (QED) is 0.600. The van der Waals surface area contributed by atoms with Crippen molar-refractivity contribution in [3.8, 4) is 0 Å². The van der Waals surface area contributed by atoms with Crippen LogP contribution >= 0.6 is 0 Å². The molecule has 0 aliphatic carbocycles. The number of hydrogen-bond acceptors (Lipinski definition) is 3. The molecule has 1 unspecified atom stereocenters. The smallest absolute Gasteiger partial charge is 0.319 e. The van der Waals surface area contributed by atoms with Gasteiger partial charge in [-0.3, -0.25) is 9.59 Å². The van der Waals surface area contributed by atoms with Gasteiger partial charge in [0.2, 0.25) is 11.8 Å². The van der Waals surface area contributed by atoms with E-state index in [1.165, 1.54) is 0 Å². The maximum Gasteiger partial charge on any atom is 0.319 e. The molecule has 4 N–H and O–H groups in total. The Kier molecular flexibility index (Phi) is 7.37. The van der Waals surface area contributed by atoms with E-state index in [0.29, 0.717) is 12.2 Å². The fourth-order valence-corrected chi connectivity index (χ4v) is 2.35. The third kappa shape index (κ3) is 6.81. The van der Waals surface area contributed by atoms with E-state index in [1.54, 1.807) is 38.2 Å². The first-order chi connectivity index (χ1) is 13.0. The standard InChI is InChI=1S/C20H24N4O3/c1-14(19(26)22-13-16-6-4-3-5-7-16)23-20(27)24-17-10-8-15(9-11-17)12-18(25)21-2/h3-11,14H,12-13H2,1-2H3,(H,21,25)(H,22,26)(H2,23,24,27). The van der Waals surface area contributed by atoms with E-state index < -0.39 is 12.1 Å². The molecule has 4 amide bonds. The van der Waals surface area contributed by atoms with Crippen molar-refractivity contribution < 1.29 is 14.4 Å². The SMILES string of the molecule is CNC(=O)Cc1ccc(NC(=O)NC(C)C(=O)NCc2ccccc2)cc1. The van der Waals surface area contributed by atoms with E-state index in [9.17, 15) is 14.4 Å². The van der Waals surface area contributed by atoms with Gasteiger partial charge in [-0.25, -0.2) is 4.79 Å². The number of amides is 4. The monoisotopic (exact) mass is 368 g/mol. The molecule has 7 heteroatoms. The predicted molar refractivity (Wildman–Crippen MR) is 104 cm³/mol. The molecule has 2 rings (SSSR count). The van der Waals surface area contributed by atoms with E-state index in [2.05, 4.69) is 21.3 Å². The summed E-state index contributed by atoms with van der Waals surface area (Å²) >= 11 is 0. The van der Waals surface area contributed by atoms with Crippen LogP contribution in [-0.2, 0) is 22.6 Å². The first-order valence-corrected chi connectivity index (χ1v) is 8.66. The number of likely N-dealkylation sites (N-methyl/N-ethyl adjacent to an activating group) is 1. The first-order valence-electron chi connectivity index (χ1n) is 8.66. The lowest BCUT2D eigenvalue weighted by Gasteiger charge is -2.15. The second kappa shape index (κ2) is 9.96. The van der Waals surface area contributed by atoms with Gasteiger partial charge >= 0.3 is 6.03 Å². The number of anilines is 1. The summed E-state index contributed by atoms with van der Waals surface area (Å²) in [5.41, 5.74) is 2.40. The summed E-state index contributed by atoms with van der Waals surface area (Å²) in [5.74, 6) is -0.348. The van der Waals surface area contributed by atoms with Crippen LogP contribution in [0.2, 0.25) is 0 Å². The summed E-state index contributed by atoms with van der Waals surface area (Å²) < 4.78 is 0. The largest absolute Gasteiger partial charge is 0.359 e. The van der Waals surface area contributed by atoms with Gasteiger partial charge in [-0.1, -0.05) is 42.5 Å². The van der Waals surface area contributed by atoms with Crippen molar-refractivity contribution in [2.45, 2.75) is 25.9 Å². The minimum absolute atomic E-state index is 0.0798. The molecule has 27 heavy (non-hydrogen) atoms. The highest BCUT2D eigenvalue weighted by molar-refractivity contribution is 5.93. The molecule has 0 saturated heterocycles. The van der Waals surface area contributed by atoms with Crippen molar-refractivity contribution in [2.24, 2.45) is 0 Å². The summed E-state index contributed by atoms with van der Waals surface area (Å²) in [6.45, 7) is 2.02. The summed E-state index contributed by atoms with van der Waals surface area (Å²) in [6, 6.07) is 15.3. The molecule has 142 valence electrons. The summed E-state index contributed by atoms with van der Waals surface area (Å²) in [5, 5.41) is 10.6. The first kappa shape index (κ1) is 20.0. The maximum atomic E-state index is 12.1. The Morgan fingerprint density at radius 2 is 1.59 bits per heavy atom. The minimum Gasteiger partial charge on any atom is -0.359 e. The molecule has 0 radical (unpaired) electrons. The van der Waals surface area contributed by atoms with Gasteiger partial charge in [0.25, 0.3) is 0 Å². The second-order valence-corrected chi connectivity index (χ2v) is 6.07. The van der Waals surface area contributed by atoms with Crippen LogP contribution in [0.4, 0.5) is 10.5 Å². The molecule has 2 aromatic carbocycles. The lowest BCUT2D eigenvalue weighted by molar-refractivity contribution is -0.122. The zero-order valence-corrected chi connectivity index (χ0v) is 15.4. The summed E-state index contributed by atoms with van der Waals surface area (Å²) in [4.78, 5) is 35.5. The molecule has 0 spiro atoms. The van der Waals surface area contributed by atoms with Crippen molar-refractivity contribution in [3.63, 3.8) is 0 Å². The molecule has 0 heterocycles. The lowest BCUT2D eigenvalue weighted by atomic mass is 10.1. The number of urea groups is 1. The minimum atomic E-state index is -0.679. The average molecular weight is 368 g/mol. The molecule has 0 aliphatic heterocycles. The van der Waals surface area contributed by atoms with Gasteiger partial charge in [0.15, 0.2) is 0 Å². The molecule has 0 fully saturated rings. The molecule has 2 aromatic rings. The number of carbonyl (C=O) groups excluding carboxylic acids is 3. The predicted octanol–water partition coefficient (Wildman–Crippen LogP) is 1.80. The van der Waals surface area contributed by atoms with Crippen LogP contribution in [0.15, 0.2) is 54.6 Å². The van der Waals surface area contributed by atoms with Crippen LogP contribution in [0.25, 0.3) is 0 Å². The fraction of sp³-hybridized carbons (Fsp3) is 0.250. The molecule has 0 bridgehead atoms. The number of carbonyl (C=O) groups is 3. The van der Waals surface area contributed by atoms with Gasteiger partial charge in [-0.05, 0) is 30.2 Å². The highest BCUT2D eigenvalue weighted by Crippen LogP contribution is 2.10. The molecule has 0 aromatic heterocycles. The lowest BCUT2D eigenvalue weighted by Crippen LogP contribution is -2.46. The Balaban J connectivity index is 1.78. The Labute approximate surface area is 158 Å². The highest BCUT2D eigenvalue weighted by Gasteiger charge is 2.15. The van der Waals surface area contributed by atoms with Gasteiger partial charge in [0.05, 0.1) is 6.42 Å². The zero-order valence-electron chi connectivity index (χ0n) is 15.4. The van der Waals surface area contributed by atoms with Crippen molar-refractivity contribution in [2.75, 3.05) is 12.4 Å². The van der Waals surface area contributed by atoms with Crippen LogP contribution in [0.5, 0.6) is 0 Å². The van der Waals surface area contributed by atoms with Gasteiger partial charge in [0.1, 0.15) is 6.04 Å². The van der Waals surface area contributed by atoms with Crippen LogP contribution in [0.3, 0.4) is 0 Å². The highest BCUT2D eigenvalue weighted by atomic mass is 16.2. The normalized spacial score (nSPS) is 11.2. The molecule has 1 atom stereocenters. The number of nitrogens with one attached hydrogen (secondary N) is 4. The Morgan fingerprint density at radius 3 is 2.22 bits per heavy atom. The van der Waals surface area contributed by atoms with Crippen LogP contribution in [0.1, 0.15) is 18.1 Å². The average Bonchev–Trinajstić information content (AvgIpc) is 2.68. The number of rotatable bonds is 7. The van der Waals surface area contributed by atoms with E-state index in [0.717, 1.165) is 11.1 Å². The van der Waals surface area contributed by atoms with Crippen molar-refractivity contribution in [1.82, 2.24) is 16.0 Å². The number of benzene rings is 2. The van der Waals surface area contributed by atoms with E-state index in [4.69, 9.17) is 0 Å². The van der Waals surface area contributed by atoms with Gasteiger partial charge in [-0.15, -0.1) is 0 Å². The van der Waals surface area contributed by atoms with Crippen LogP contribution in [-0.4, -0.2) is 30.9 Å². The third-order valence-corrected chi connectivity index (χ3v) is 3.91. The zero-order chi connectivity index (χ0) is 19.6.